The molecule has 2 rings (SSSR count). The fourth-order valence-electron chi connectivity index (χ4n) is 2.21. The maximum absolute atomic E-state index is 5.83. The van der Waals surface area contributed by atoms with Gasteiger partial charge in [-0.3, -0.25) is 0 Å². The van der Waals surface area contributed by atoms with Crippen molar-refractivity contribution in [3.63, 3.8) is 0 Å². The van der Waals surface area contributed by atoms with Gasteiger partial charge in [-0.1, -0.05) is 12.1 Å². The smallest absolute Gasteiger partial charge is 0.0648 e. The Morgan fingerprint density at radius 2 is 2.06 bits per heavy atom. The molecule has 1 aliphatic rings. The van der Waals surface area contributed by atoms with E-state index in [2.05, 4.69) is 55.3 Å². The zero-order valence-electron chi connectivity index (χ0n) is 11.7. The number of hydrogen-bond donors (Lipinski definition) is 1. The molecule has 18 heavy (non-hydrogen) atoms. The molecule has 0 aliphatic carbocycles. The van der Waals surface area contributed by atoms with E-state index >= 15 is 0 Å². The van der Waals surface area contributed by atoms with Crippen LogP contribution in [0.25, 0.3) is 0 Å². The molecule has 0 saturated carbocycles. The first-order valence-electron chi connectivity index (χ1n) is 6.78. The molecule has 0 amide bonds. The molecule has 1 aromatic rings. The van der Waals surface area contributed by atoms with Gasteiger partial charge in [0.25, 0.3) is 0 Å². The average Bonchev–Trinajstić information content (AvgIpc) is 2.51. The van der Waals surface area contributed by atoms with Gasteiger partial charge in [0.1, 0.15) is 0 Å². The summed E-state index contributed by atoms with van der Waals surface area (Å²) < 4.78 is 5.83. The first kappa shape index (κ1) is 13.2. The Balaban J connectivity index is 2.00. The van der Waals surface area contributed by atoms with Gasteiger partial charge in [-0.2, -0.15) is 0 Å². The van der Waals surface area contributed by atoms with Gasteiger partial charge < -0.3 is 15.0 Å². The molecule has 0 atom stereocenters. The number of fused-ring (bicyclic) bond motifs is 1. The third-order valence-electron chi connectivity index (χ3n) is 3.06. The maximum atomic E-state index is 5.83. The molecule has 0 fully saturated rings. The van der Waals surface area contributed by atoms with Crippen LogP contribution in [0.1, 0.15) is 27.2 Å². The van der Waals surface area contributed by atoms with Crippen LogP contribution in [0.5, 0.6) is 0 Å². The fourth-order valence-corrected chi connectivity index (χ4v) is 2.21. The largest absolute Gasteiger partial charge is 0.383 e. The summed E-state index contributed by atoms with van der Waals surface area (Å²) in [6.45, 7) is 10.2. The van der Waals surface area contributed by atoms with Crippen molar-refractivity contribution in [2.24, 2.45) is 0 Å². The number of rotatable bonds is 3. The van der Waals surface area contributed by atoms with Crippen LogP contribution in [-0.2, 0) is 4.74 Å². The quantitative estimate of drug-likeness (QED) is 0.889. The van der Waals surface area contributed by atoms with Crippen molar-refractivity contribution in [3.05, 3.63) is 24.3 Å². The molecular weight excluding hydrogens is 224 g/mol. The van der Waals surface area contributed by atoms with Crippen LogP contribution in [0.15, 0.2) is 24.3 Å². The predicted octanol–water partition coefficient (Wildman–Crippen LogP) is 3.12. The average molecular weight is 248 g/mol. The van der Waals surface area contributed by atoms with E-state index in [-0.39, 0.29) is 5.60 Å². The second-order valence-corrected chi connectivity index (χ2v) is 5.75. The van der Waals surface area contributed by atoms with E-state index in [0.717, 1.165) is 26.2 Å². The maximum Gasteiger partial charge on any atom is 0.0648 e. The standard InChI is InChI=1S/C15H24N2O/c1-15(2,3)18-12-11-17-10-6-9-16-13-7-4-5-8-14(13)17/h4-5,7-8,16H,6,9-12H2,1-3H3. The number of nitrogens with one attached hydrogen (secondary N) is 1. The first-order chi connectivity index (χ1) is 8.56. The second-order valence-electron chi connectivity index (χ2n) is 5.75. The molecule has 100 valence electrons. The Hall–Kier alpha value is -1.22. The van der Waals surface area contributed by atoms with Gasteiger partial charge in [-0.05, 0) is 39.3 Å². The van der Waals surface area contributed by atoms with E-state index in [9.17, 15) is 0 Å². The Morgan fingerprint density at radius 3 is 2.83 bits per heavy atom. The lowest BCUT2D eigenvalue weighted by Crippen LogP contribution is -2.31. The molecular formula is C15H24N2O. The highest BCUT2D eigenvalue weighted by Gasteiger charge is 2.15. The minimum absolute atomic E-state index is 0.0520. The normalized spacial score (nSPS) is 15.8. The van der Waals surface area contributed by atoms with Gasteiger partial charge in [-0.15, -0.1) is 0 Å². The molecule has 1 aromatic carbocycles. The number of hydrogen-bond acceptors (Lipinski definition) is 3. The molecule has 0 radical (unpaired) electrons. The van der Waals surface area contributed by atoms with Crippen LogP contribution in [-0.4, -0.2) is 31.8 Å². The summed E-state index contributed by atoms with van der Waals surface area (Å²) in [5.41, 5.74) is 2.49. The SMILES string of the molecule is CC(C)(C)OCCN1CCCNc2ccccc21. The molecule has 0 saturated heterocycles. The van der Waals surface area contributed by atoms with E-state index in [1.807, 2.05) is 0 Å². The Morgan fingerprint density at radius 1 is 1.28 bits per heavy atom. The van der Waals surface area contributed by atoms with Gasteiger partial charge in [0.05, 0.1) is 23.6 Å². The lowest BCUT2D eigenvalue weighted by molar-refractivity contribution is 0.00138. The number of benzene rings is 1. The van der Waals surface area contributed by atoms with Crippen molar-refractivity contribution in [2.75, 3.05) is 36.5 Å². The van der Waals surface area contributed by atoms with Crippen LogP contribution in [0, 0.1) is 0 Å². The summed E-state index contributed by atoms with van der Waals surface area (Å²) in [6, 6.07) is 8.52. The highest BCUT2D eigenvalue weighted by Crippen LogP contribution is 2.27. The summed E-state index contributed by atoms with van der Waals surface area (Å²) >= 11 is 0. The molecule has 1 N–H and O–H groups in total. The van der Waals surface area contributed by atoms with Crippen LogP contribution in [0.4, 0.5) is 11.4 Å². The summed E-state index contributed by atoms with van der Waals surface area (Å²) in [7, 11) is 0. The first-order valence-corrected chi connectivity index (χ1v) is 6.78. The Labute approximate surface area is 110 Å². The van der Waals surface area contributed by atoms with Crippen molar-refractivity contribution in [2.45, 2.75) is 32.8 Å². The molecule has 0 bridgehead atoms. The Bertz CT molecular complexity index is 384. The van der Waals surface area contributed by atoms with Gasteiger partial charge in [-0.25, -0.2) is 0 Å². The molecule has 0 unspecified atom stereocenters. The van der Waals surface area contributed by atoms with E-state index in [1.165, 1.54) is 17.8 Å². The van der Waals surface area contributed by atoms with Crippen LogP contribution >= 0.6 is 0 Å². The van der Waals surface area contributed by atoms with Crippen molar-refractivity contribution in [1.82, 2.24) is 0 Å². The summed E-state index contributed by atoms with van der Waals surface area (Å²) in [6.07, 6.45) is 1.17. The van der Waals surface area contributed by atoms with Crippen molar-refractivity contribution in [1.29, 1.82) is 0 Å². The molecule has 3 nitrogen and oxygen atoms in total. The molecule has 1 aliphatic heterocycles. The van der Waals surface area contributed by atoms with E-state index in [0.29, 0.717) is 0 Å². The van der Waals surface area contributed by atoms with Crippen LogP contribution in [0.3, 0.4) is 0 Å². The van der Waals surface area contributed by atoms with Crippen molar-refractivity contribution < 1.29 is 4.74 Å². The van der Waals surface area contributed by atoms with Crippen LogP contribution < -0.4 is 10.2 Å². The third-order valence-corrected chi connectivity index (χ3v) is 3.06. The van der Waals surface area contributed by atoms with Gasteiger partial charge in [0.2, 0.25) is 0 Å². The summed E-state index contributed by atoms with van der Waals surface area (Å²) in [4.78, 5) is 2.42. The van der Waals surface area contributed by atoms with Crippen molar-refractivity contribution >= 4 is 11.4 Å². The zero-order chi connectivity index (χ0) is 13.0. The minimum atomic E-state index is -0.0520. The number of nitrogens with zero attached hydrogens (tertiary/aromatic N) is 1. The minimum Gasteiger partial charge on any atom is -0.383 e. The highest BCUT2D eigenvalue weighted by atomic mass is 16.5. The molecule has 0 aromatic heterocycles. The number of para-hydroxylation sites is 2. The monoisotopic (exact) mass is 248 g/mol. The lowest BCUT2D eigenvalue weighted by atomic mass is 10.2. The van der Waals surface area contributed by atoms with Gasteiger partial charge in [0, 0.05) is 19.6 Å². The second kappa shape index (κ2) is 5.61. The fraction of sp³-hybridized carbons (Fsp3) is 0.600. The van der Waals surface area contributed by atoms with Gasteiger partial charge >= 0.3 is 0 Å². The van der Waals surface area contributed by atoms with Crippen molar-refractivity contribution in [3.8, 4) is 0 Å². The zero-order valence-corrected chi connectivity index (χ0v) is 11.7. The number of anilines is 2. The van der Waals surface area contributed by atoms with Crippen LogP contribution in [0.2, 0.25) is 0 Å². The van der Waals surface area contributed by atoms with E-state index < -0.39 is 0 Å². The van der Waals surface area contributed by atoms with E-state index in [1.54, 1.807) is 0 Å². The third kappa shape index (κ3) is 3.64. The molecule has 3 heteroatoms. The predicted molar refractivity (Wildman–Crippen MR) is 77.5 cm³/mol. The molecule has 0 spiro atoms. The topological polar surface area (TPSA) is 24.5 Å². The summed E-state index contributed by atoms with van der Waals surface area (Å²) in [5.74, 6) is 0. The highest BCUT2D eigenvalue weighted by molar-refractivity contribution is 5.70. The van der Waals surface area contributed by atoms with E-state index in [4.69, 9.17) is 4.74 Å². The lowest BCUT2D eigenvalue weighted by Gasteiger charge is -2.27. The van der Waals surface area contributed by atoms with Gasteiger partial charge in [0.15, 0.2) is 0 Å². The summed E-state index contributed by atoms with van der Waals surface area (Å²) in [5, 5.41) is 3.48. The number of ether oxygens (including phenoxy) is 1. The Kier molecular flexibility index (Phi) is 4.12. The molecule has 1 heterocycles.